The van der Waals surface area contributed by atoms with Crippen LogP contribution in [0.1, 0.15) is 19.4 Å². The van der Waals surface area contributed by atoms with E-state index in [4.69, 9.17) is 5.11 Å². The van der Waals surface area contributed by atoms with Gasteiger partial charge in [0.2, 0.25) is 5.91 Å². The molecule has 0 bridgehead atoms. The highest BCUT2D eigenvalue weighted by Crippen LogP contribution is 2.19. The highest BCUT2D eigenvalue weighted by molar-refractivity contribution is 8.13. The van der Waals surface area contributed by atoms with Gasteiger partial charge in [0, 0.05) is 24.3 Å². The van der Waals surface area contributed by atoms with E-state index < -0.39 is 18.4 Å². The second kappa shape index (κ2) is 7.83. The Labute approximate surface area is 128 Å². The first-order valence-electron chi connectivity index (χ1n) is 6.54. The maximum atomic E-state index is 12.4. The van der Waals surface area contributed by atoms with Gasteiger partial charge < -0.3 is 10.0 Å². The van der Waals surface area contributed by atoms with E-state index in [1.807, 2.05) is 19.1 Å². The second-order valence-electron chi connectivity index (χ2n) is 4.86. The summed E-state index contributed by atoms with van der Waals surface area (Å²) in [6.07, 6.45) is 0. The van der Waals surface area contributed by atoms with E-state index in [0.717, 1.165) is 17.3 Å². The number of carboxylic acid groups (broad SMARTS) is 1. The number of thioether (sulfide) groups is 1. The van der Waals surface area contributed by atoms with Crippen molar-refractivity contribution in [2.75, 3.05) is 17.2 Å². The monoisotopic (exact) mass is 309 g/mol. The molecule has 0 aliphatic carbocycles. The SMILES string of the molecule is CC(=O)SCC(C)C(=O)N(CC(=O)O)c1ccc(C)cc1. The zero-order chi connectivity index (χ0) is 16.0. The molecular formula is C15H19NO4S. The third-order valence-corrected chi connectivity index (χ3v) is 3.94. The van der Waals surface area contributed by atoms with Gasteiger partial charge in [-0.1, -0.05) is 36.4 Å². The number of carbonyl (C=O) groups is 3. The molecule has 1 aromatic rings. The van der Waals surface area contributed by atoms with E-state index in [1.54, 1.807) is 19.1 Å². The third-order valence-electron chi connectivity index (χ3n) is 2.86. The first kappa shape index (κ1) is 17.2. The summed E-state index contributed by atoms with van der Waals surface area (Å²) in [5.41, 5.74) is 1.58. The van der Waals surface area contributed by atoms with E-state index in [-0.39, 0.29) is 11.0 Å². The predicted octanol–water partition coefficient (Wildman–Crippen LogP) is 2.33. The maximum Gasteiger partial charge on any atom is 0.323 e. The van der Waals surface area contributed by atoms with Crippen LogP contribution in [0.25, 0.3) is 0 Å². The van der Waals surface area contributed by atoms with Crippen molar-refractivity contribution in [1.29, 1.82) is 0 Å². The molecule has 1 unspecified atom stereocenters. The van der Waals surface area contributed by atoms with Crippen LogP contribution in [-0.2, 0) is 14.4 Å². The summed E-state index contributed by atoms with van der Waals surface area (Å²) in [4.78, 5) is 35.6. The molecule has 1 rings (SSSR count). The van der Waals surface area contributed by atoms with Crippen molar-refractivity contribution < 1.29 is 19.5 Å². The Morgan fingerprint density at radius 2 is 1.81 bits per heavy atom. The smallest absolute Gasteiger partial charge is 0.323 e. The molecular weight excluding hydrogens is 290 g/mol. The fourth-order valence-electron chi connectivity index (χ4n) is 1.74. The number of benzene rings is 1. The molecule has 1 atom stereocenters. The Balaban J connectivity index is 2.90. The number of rotatable bonds is 6. The molecule has 0 radical (unpaired) electrons. The Hall–Kier alpha value is -1.82. The number of carbonyl (C=O) groups excluding carboxylic acids is 2. The summed E-state index contributed by atoms with van der Waals surface area (Å²) in [7, 11) is 0. The van der Waals surface area contributed by atoms with Crippen molar-refractivity contribution >= 4 is 34.4 Å². The van der Waals surface area contributed by atoms with Crippen molar-refractivity contribution in [3.63, 3.8) is 0 Å². The number of aliphatic carboxylic acids is 1. The maximum absolute atomic E-state index is 12.4. The van der Waals surface area contributed by atoms with Crippen LogP contribution >= 0.6 is 11.8 Å². The van der Waals surface area contributed by atoms with Gasteiger partial charge in [-0.25, -0.2) is 0 Å². The lowest BCUT2D eigenvalue weighted by molar-refractivity contribution is -0.137. The minimum atomic E-state index is -1.07. The molecule has 0 saturated heterocycles. The summed E-state index contributed by atoms with van der Waals surface area (Å²) < 4.78 is 0. The number of anilines is 1. The van der Waals surface area contributed by atoms with Gasteiger partial charge in [0.05, 0.1) is 0 Å². The average molecular weight is 309 g/mol. The van der Waals surface area contributed by atoms with Gasteiger partial charge in [-0.05, 0) is 19.1 Å². The number of hydrogen-bond acceptors (Lipinski definition) is 4. The third kappa shape index (κ3) is 5.59. The van der Waals surface area contributed by atoms with Gasteiger partial charge in [-0.3, -0.25) is 14.4 Å². The van der Waals surface area contributed by atoms with Crippen LogP contribution in [0.5, 0.6) is 0 Å². The molecule has 0 aromatic heterocycles. The molecule has 0 aliphatic rings. The van der Waals surface area contributed by atoms with Crippen LogP contribution < -0.4 is 4.90 Å². The average Bonchev–Trinajstić information content (AvgIpc) is 2.42. The lowest BCUT2D eigenvalue weighted by atomic mass is 10.1. The standard InChI is InChI=1S/C15H19NO4S/c1-10-4-6-13(7-5-10)16(8-14(18)19)15(20)11(2)9-21-12(3)17/h4-7,11H,8-9H2,1-3H3,(H,18,19). The molecule has 5 nitrogen and oxygen atoms in total. The van der Waals surface area contributed by atoms with Gasteiger partial charge in [0.15, 0.2) is 5.12 Å². The highest BCUT2D eigenvalue weighted by atomic mass is 32.2. The van der Waals surface area contributed by atoms with Crippen LogP contribution in [0, 0.1) is 12.8 Å². The van der Waals surface area contributed by atoms with Crippen LogP contribution in [0.3, 0.4) is 0 Å². The van der Waals surface area contributed by atoms with E-state index in [0.29, 0.717) is 11.4 Å². The van der Waals surface area contributed by atoms with Crippen LogP contribution in [0.15, 0.2) is 24.3 Å². The molecule has 0 saturated carbocycles. The summed E-state index contributed by atoms with van der Waals surface area (Å²) in [6, 6.07) is 7.10. The number of aryl methyl sites for hydroxylation is 1. The number of amides is 1. The summed E-state index contributed by atoms with van der Waals surface area (Å²) in [5, 5.41) is 8.93. The van der Waals surface area contributed by atoms with Gasteiger partial charge in [-0.2, -0.15) is 0 Å². The summed E-state index contributed by atoms with van der Waals surface area (Å²) in [6.45, 7) is 4.66. The quantitative estimate of drug-likeness (QED) is 0.873. The minimum absolute atomic E-state index is 0.0604. The van der Waals surface area contributed by atoms with Crippen molar-refractivity contribution in [2.24, 2.45) is 5.92 Å². The normalized spacial score (nSPS) is 11.8. The van der Waals surface area contributed by atoms with Crippen molar-refractivity contribution in [3.8, 4) is 0 Å². The molecule has 1 amide bonds. The molecule has 0 spiro atoms. The fourth-order valence-corrected chi connectivity index (χ4v) is 2.36. The van der Waals surface area contributed by atoms with E-state index in [2.05, 4.69) is 0 Å². The van der Waals surface area contributed by atoms with Gasteiger partial charge in [0.1, 0.15) is 6.54 Å². The molecule has 21 heavy (non-hydrogen) atoms. The van der Waals surface area contributed by atoms with Crippen molar-refractivity contribution in [1.82, 2.24) is 0 Å². The molecule has 0 heterocycles. The largest absolute Gasteiger partial charge is 0.480 e. The highest BCUT2D eigenvalue weighted by Gasteiger charge is 2.24. The van der Waals surface area contributed by atoms with Crippen LogP contribution in [0.2, 0.25) is 0 Å². The van der Waals surface area contributed by atoms with E-state index >= 15 is 0 Å². The van der Waals surface area contributed by atoms with Gasteiger partial charge >= 0.3 is 5.97 Å². The Morgan fingerprint density at radius 1 is 1.24 bits per heavy atom. The molecule has 114 valence electrons. The predicted molar refractivity (Wildman–Crippen MR) is 83.5 cm³/mol. The van der Waals surface area contributed by atoms with Crippen molar-refractivity contribution in [3.05, 3.63) is 29.8 Å². The van der Waals surface area contributed by atoms with Crippen LogP contribution in [0.4, 0.5) is 5.69 Å². The van der Waals surface area contributed by atoms with E-state index in [9.17, 15) is 14.4 Å². The fraction of sp³-hybridized carbons (Fsp3) is 0.400. The minimum Gasteiger partial charge on any atom is -0.480 e. The molecule has 0 fully saturated rings. The first-order chi connectivity index (χ1) is 9.81. The molecule has 1 aromatic carbocycles. The van der Waals surface area contributed by atoms with Crippen LogP contribution in [-0.4, -0.2) is 34.4 Å². The van der Waals surface area contributed by atoms with Gasteiger partial charge in [0.25, 0.3) is 0 Å². The lowest BCUT2D eigenvalue weighted by Gasteiger charge is -2.24. The summed E-state index contributed by atoms with van der Waals surface area (Å²) >= 11 is 1.07. The van der Waals surface area contributed by atoms with E-state index in [1.165, 1.54) is 11.8 Å². The topological polar surface area (TPSA) is 74.7 Å². The first-order valence-corrected chi connectivity index (χ1v) is 7.53. The Morgan fingerprint density at radius 3 is 2.29 bits per heavy atom. The number of hydrogen-bond donors (Lipinski definition) is 1. The molecule has 0 aliphatic heterocycles. The molecule has 1 N–H and O–H groups in total. The van der Waals surface area contributed by atoms with Gasteiger partial charge in [-0.15, -0.1) is 0 Å². The number of nitrogens with zero attached hydrogens (tertiary/aromatic N) is 1. The molecule has 6 heteroatoms. The summed E-state index contributed by atoms with van der Waals surface area (Å²) in [5.74, 6) is -1.46. The number of carboxylic acids is 1. The zero-order valence-electron chi connectivity index (χ0n) is 12.3. The lowest BCUT2D eigenvalue weighted by Crippen LogP contribution is -2.39. The zero-order valence-corrected chi connectivity index (χ0v) is 13.1. The Kier molecular flexibility index (Phi) is 6.42. The second-order valence-corrected chi connectivity index (χ2v) is 6.05. The Bertz CT molecular complexity index is 527. The van der Waals surface area contributed by atoms with Crippen molar-refractivity contribution in [2.45, 2.75) is 20.8 Å².